The molecule has 0 aromatic heterocycles. The molecule has 7 heteroatoms. The van der Waals surface area contributed by atoms with Crippen molar-refractivity contribution in [1.29, 1.82) is 0 Å². The second-order valence-electron chi connectivity index (χ2n) is 6.62. The summed E-state index contributed by atoms with van der Waals surface area (Å²) in [7, 11) is -3.46. The molecule has 6 nitrogen and oxygen atoms in total. The monoisotopic (exact) mass is 403 g/mol. The summed E-state index contributed by atoms with van der Waals surface area (Å²) in [6.07, 6.45) is 0. The Morgan fingerprint density at radius 1 is 1.04 bits per heavy atom. The van der Waals surface area contributed by atoms with Gasteiger partial charge in [0.15, 0.2) is 0 Å². The molecule has 0 aliphatic rings. The Hall–Kier alpha value is -2.22. The molecular formula is C21H29N3O3S. The molecule has 0 heterocycles. The quantitative estimate of drug-likeness (QED) is 0.673. The number of hydrogen-bond donors (Lipinski definition) is 2. The van der Waals surface area contributed by atoms with Crippen LogP contribution in [0.4, 0.5) is 5.69 Å². The number of nitrogens with one attached hydrogen (secondary N) is 2. The highest BCUT2D eigenvalue weighted by Crippen LogP contribution is 2.19. The van der Waals surface area contributed by atoms with Gasteiger partial charge in [-0.25, -0.2) is 8.42 Å². The third-order valence-electron chi connectivity index (χ3n) is 4.71. The van der Waals surface area contributed by atoms with E-state index in [0.29, 0.717) is 13.1 Å². The van der Waals surface area contributed by atoms with Crippen LogP contribution in [0.3, 0.4) is 0 Å². The van der Waals surface area contributed by atoms with Gasteiger partial charge in [-0.2, -0.15) is 4.31 Å². The van der Waals surface area contributed by atoms with E-state index < -0.39 is 10.0 Å². The zero-order chi connectivity index (χ0) is 20.7. The van der Waals surface area contributed by atoms with Crippen molar-refractivity contribution in [1.82, 2.24) is 9.62 Å². The minimum absolute atomic E-state index is 0.0900. The van der Waals surface area contributed by atoms with Gasteiger partial charge in [-0.05, 0) is 43.2 Å². The van der Waals surface area contributed by atoms with E-state index in [4.69, 9.17) is 0 Å². The molecule has 0 bridgehead atoms. The second kappa shape index (κ2) is 9.82. The zero-order valence-corrected chi connectivity index (χ0v) is 17.7. The fourth-order valence-electron chi connectivity index (χ4n) is 2.91. The molecule has 152 valence electrons. The molecule has 1 amide bonds. The minimum Gasteiger partial charge on any atom is -0.325 e. The van der Waals surface area contributed by atoms with Crippen molar-refractivity contribution >= 4 is 21.6 Å². The Labute approximate surface area is 168 Å². The van der Waals surface area contributed by atoms with Gasteiger partial charge in [0.1, 0.15) is 0 Å². The van der Waals surface area contributed by atoms with Crippen LogP contribution in [-0.4, -0.2) is 38.3 Å². The van der Waals surface area contributed by atoms with Crippen LogP contribution in [0.1, 0.15) is 37.9 Å². The van der Waals surface area contributed by atoms with E-state index in [-0.39, 0.29) is 23.4 Å². The van der Waals surface area contributed by atoms with Crippen LogP contribution in [0.5, 0.6) is 0 Å². The molecule has 2 aromatic carbocycles. The van der Waals surface area contributed by atoms with Gasteiger partial charge in [-0.15, -0.1) is 0 Å². The maximum absolute atomic E-state index is 12.5. The van der Waals surface area contributed by atoms with Gasteiger partial charge in [0.05, 0.1) is 11.4 Å². The minimum atomic E-state index is -3.46. The lowest BCUT2D eigenvalue weighted by Crippen LogP contribution is -2.31. The fraction of sp³-hybridized carbons (Fsp3) is 0.381. The molecule has 2 rings (SSSR count). The third-order valence-corrected chi connectivity index (χ3v) is 6.78. The van der Waals surface area contributed by atoms with Gasteiger partial charge in [0, 0.05) is 24.8 Å². The Bertz CT molecular complexity index is 891. The predicted molar refractivity (Wildman–Crippen MR) is 113 cm³/mol. The second-order valence-corrected chi connectivity index (χ2v) is 8.56. The van der Waals surface area contributed by atoms with E-state index in [0.717, 1.165) is 16.8 Å². The average molecular weight is 404 g/mol. The van der Waals surface area contributed by atoms with Crippen LogP contribution in [0.2, 0.25) is 0 Å². The van der Waals surface area contributed by atoms with Gasteiger partial charge < -0.3 is 10.6 Å². The molecule has 0 aliphatic heterocycles. The number of aryl methyl sites for hydroxylation is 1. The summed E-state index contributed by atoms with van der Waals surface area (Å²) < 4.78 is 26.5. The molecule has 0 spiro atoms. The van der Waals surface area contributed by atoms with Crippen LogP contribution >= 0.6 is 0 Å². The Balaban J connectivity index is 1.97. The van der Waals surface area contributed by atoms with Crippen molar-refractivity contribution < 1.29 is 13.2 Å². The normalized spacial score (nSPS) is 12.8. The average Bonchev–Trinajstić information content (AvgIpc) is 2.68. The maximum atomic E-state index is 12.5. The van der Waals surface area contributed by atoms with Crippen molar-refractivity contribution in [3.8, 4) is 0 Å². The lowest BCUT2D eigenvalue weighted by molar-refractivity contribution is -0.115. The highest BCUT2D eigenvalue weighted by Gasteiger charge is 2.21. The SMILES string of the molecule is CCN(CC)S(=O)(=O)c1ccc([C@@H](C)NCC(=O)Nc2ccccc2C)cc1. The van der Waals surface area contributed by atoms with E-state index in [1.807, 2.05) is 52.0 Å². The zero-order valence-electron chi connectivity index (χ0n) is 16.9. The first kappa shape index (κ1) is 22.1. The van der Waals surface area contributed by atoms with Gasteiger partial charge in [-0.1, -0.05) is 44.2 Å². The summed E-state index contributed by atoms with van der Waals surface area (Å²) in [5, 5.41) is 6.05. The first-order valence-electron chi connectivity index (χ1n) is 9.48. The molecule has 0 radical (unpaired) electrons. The predicted octanol–water partition coefficient (Wildman–Crippen LogP) is 3.31. The van der Waals surface area contributed by atoms with Crippen LogP contribution in [0, 0.1) is 6.92 Å². The number of sulfonamides is 1. The Morgan fingerprint density at radius 2 is 1.64 bits per heavy atom. The Morgan fingerprint density at radius 3 is 2.21 bits per heavy atom. The van der Waals surface area contributed by atoms with Crippen LogP contribution in [0.25, 0.3) is 0 Å². The summed E-state index contributed by atoms with van der Waals surface area (Å²) >= 11 is 0. The summed E-state index contributed by atoms with van der Waals surface area (Å²) in [5.74, 6) is -0.123. The fourth-order valence-corrected chi connectivity index (χ4v) is 4.37. The number of nitrogens with zero attached hydrogens (tertiary/aromatic N) is 1. The molecule has 2 N–H and O–H groups in total. The summed E-state index contributed by atoms with van der Waals surface area (Å²) in [6, 6.07) is 14.3. The molecule has 2 aromatic rings. The molecule has 28 heavy (non-hydrogen) atoms. The van der Waals surface area contributed by atoms with E-state index in [9.17, 15) is 13.2 Å². The van der Waals surface area contributed by atoms with E-state index >= 15 is 0 Å². The van der Waals surface area contributed by atoms with Crippen molar-refractivity contribution in [2.24, 2.45) is 0 Å². The lowest BCUT2D eigenvalue weighted by Gasteiger charge is -2.19. The number of anilines is 1. The Kier molecular flexibility index (Phi) is 7.74. The molecule has 0 aliphatic carbocycles. The van der Waals surface area contributed by atoms with Crippen LogP contribution in [0.15, 0.2) is 53.4 Å². The highest BCUT2D eigenvalue weighted by atomic mass is 32.2. The smallest absolute Gasteiger partial charge is 0.243 e. The van der Waals surface area contributed by atoms with Gasteiger partial charge in [0.2, 0.25) is 15.9 Å². The standard InChI is InChI=1S/C21H29N3O3S/c1-5-24(6-2)28(26,27)19-13-11-18(12-14-19)17(4)22-15-21(25)23-20-10-8-7-9-16(20)3/h7-14,17,22H,5-6,15H2,1-4H3,(H,23,25)/t17-/m1/s1. The number of hydrogen-bond acceptors (Lipinski definition) is 4. The number of carbonyl (C=O) groups excluding carboxylic acids is 1. The van der Waals surface area contributed by atoms with Crippen molar-refractivity contribution in [2.45, 2.75) is 38.6 Å². The molecule has 0 saturated heterocycles. The first-order chi connectivity index (χ1) is 13.3. The lowest BCUT2D eigenvalue weighted by atomic mass is 10.1. The highest BCUT2D eigenvalue weighted by molar-refractivity contribution is 7.89. The largest absolute Gasteiger partial charge is 0.325 e. The number of carbonyl (C=O) groups is 1. The summed E-state index contributed by atoms with van der Waals surface area (Å²) in [6.45, 7) is 8.57. The first-order valence-corrected chi connectivity index (χ1v) is 10.9. The van der Waals surface area contributed by atoms with Crippen LogP contribution < -0.4 is 10.6 Å². The molecule has 1 atom stereocenters. The number of benzene rings is 2. The maximum Gasteiger partial charge on any atom is 0.243 e. The van der Waals surface area contributed by atoms with Crippen molar-refractivity contribution in [3.05, 3.63) is 59.7 Å². The van der Waals surface area contributed by atoms with Crippen molar-refractivity contribution in [2.75, 3.05) is 25.0 Å². The molecule has 0 unspecified atom stereocenters. The molecule has 0 fully saturated rings. The number of amides is 1. The van der Waals surface area contributed by atoms with E-state index in [1.54, 1.807) is 24.3 Å². The van der Waals surface area contributed by atoms with Gasteiger partial charge in [-0.3, -0.25) is 4.79 Å². The third kappa shape index (κ3) is 5.41. The molecule has 0 saturated carbocycles. The van der Waals surface area contributed by atoms with Crippen LogP contribution in [-0.2, 0) is 14.8 Å². The summed E-state index contributed by atoms with van der Waals surface area (Å²) in [4.78, 5) is 12.5. The molecular weight excluding hydrogens is 374 g/mol. The van der Waals surface area contributed by atoms with E-state index in [2.05, 4.69) is 10.6 Å². The summed E-state index contributed by atoms with van der Waals surface area (Å²) in [5.41, 5.74) is 2.73. The van der Waals surface area contributed by atoms with Gasteiger partial charge in [0.25, 0.3) is 0 Å². The number of rotatable bonds is 9. The van der Waals surface area contributed by atoms with Crippen molar-refractivity contribution in [3.63, 3.8) is 0 Å². The topological polar surface area (TPSA) is 78.5 Å². The number of para-hydroxylation sites is 1. The van der Waals surface area contributed by atoms with Gasteiger partial charge >= 0.3 is 0 Å². The van der Waals surface area contributed by atoms with E-state index in [1.165, 1.54) is 4.31 Å².